The normalized spacial score (nSPS) is 16.8. The number of hydrogen-bond donors (Lipinski definition) is 0. The molecular weight excluding hydrogens is 368 g/mol. The third-order valence-electron chi connectivity index (χ3n) is 5.56. The second-order valence-electron chi connectivity index (χ2n) is 7.32. The first kappa shape index (κ1) is 19.6. The summed E-state index contributed by atoms with van der Waals surface area (Å²) in [6.45, 7) is 7.65. The molecule has 1 unspecified atom stereocenters. The Morgan fingerprint density at radius 2 is 1.90 bits per heavy atom. The van der Waals surface area contributed by atoms with Gasteiger partial charge < -0.3 is 9.15 Å². The second kappa shape index (κ2) is 9.19. The van der Waals surface area contributed by atoms with Crippen LogP contribution in [0.15, 0.2) is 47.1 Å². The highest BCUT2D eigenvalue weighted by Gasteiger charge is 2.28. The van der Waals surface area contributed by atoms with Gasteiger partial charge in [-0.15, -0.1) is 5.10 Å². The van der Waals surface area contributed by atoms with Crippen molar-refractivity contribution in [1.82, 2.24) is 30.0 Å². The van der Waals surface area contributed by atoms with Gasteiger partial charge in [0.2, 0.25) is 0 Å². The first-order valence-electron chi connectivity index (χ1n) is 10.1. The third kappa shape index (κ3) is 4.49. The van der Waals surface area contributed by atoms with Gasteiger partial charge in [0.15, 0.2) is 5.82 Å². The molecule has 0 bridgehead atoms. The number of rotatable bonds is 8. The molecule has 1 saturated heterocycles. The van der Waals surface area contributed by atoms with Crippen LogP contribution in [0.2, 0.25) is 0 Å². The molecule has 8 nitrogen and oxygen atoms in total. The number of nitrogens with zero attached hydrogens (tertiary/aromatic N) is 6. The van der Waals surface area contributed by atoms with Gasteiger partial charge in [-0.2, -0.15) is 0 Å². The summed E-state index contributed by atoms with van der Waals surface area (Å²) in [6.07, 6.45) is 2.64. The van der Waals surface area contributed by atoms with Crippen molar-refractivity contribution < 1.29 is 9.15 Å². The number of furan rings is 1. The van der Waals surface area contributed by atoms with Crippen LogP contribution in [0.25, 0.3) is 0 Å². The Morgan fingerprint density at radius 3 is 2.62 bits per heavy atom. The number of benzene rings is 1. The number of ether oxygens (including phenoxy) is 1. The van der Waals surface area contributed by atoms with E-state index in [1.807, 2.05) is 28.9 Å². The van der Waals surface area contributed by atoms with Gasteiger partial charge in [-0.25, -0.2) is 4.68 Å². The van der Waals surface area contributed by atoms with E-state index in [9.17, 15) is 0 Å². The summed E-state index contributed by atoms with van der Waals surface area (Å²) < 4.78 is 12.8. The van der Waals surface area contributed by atoms with Gasteiger partial charge >= 0.3 is 0 Å². The quantitative estimate of drug-likeness (QED) is 0.579. The molecule has 4 rings (SSSR count). The van der Waals surface area contributed by atoms with E-state index in [4.69, 9.17) is 9.15 Å². The second-order valence-corrected chi connectivity index (χ2v) is 7.32. The molecule has 3 aromatic rings. The minimum Gasteiger partial charge on any atom is -0.496 e. The first-order valence-corrected chi connectivity index (χ1v) is 10.1. The molecule has 8 heteroatoms. The van der Waals surface area contributed by atoms with Gasteiger partial charge in [0.05, 0.1) is 19.4 Å². The average molecular weight is 396 g/mol. The van der Waals surface area contributed by atoms with Crippen molar-refractivity contribution in [3.8, 4) is 5.75 Å². The standard InChI is InChI=1S/C21H28N6O2/c1-3-19(21-22-23-24-27(21)16-18-8-6-14-29-18)26-12-10-25(11-13-26)15-17-7-4-5-9-20(17)28-2/h4-9,14,19H,3,10-13,15-16H2,1-2H3. The van der Waals surface area contributed by atoms with Crippen LogP contribution in [0.4, 0.5) is 0 Å². The average Bonchev–Trinajstić information content (AvgIpc) is 3.43. The Kier molecular flexibility index (Phi) is 6.21. The van der Waals surface area contributed by atoms with Crippen molar-refractivity contribution in [2.24, 2.45) is 0 Å². The monoisotopic (exact) mass is 396 g/mol. The van der Waals surface area contributed by atoms with Gasteiger partial charge in [0, 0.05) is 38.3 Å². The predicted octanol–water partition coefficient (Wildman–Crippen LogP) is 2.59. The van der Waals surface area contributed by atoms with Crippen LogP contribution in [-0.2, 0) is 13.1 Å². The molecule has 2 aromatic heterocycles. The lowest BCUT2D eigenvalue weighted by Gasteiger charge is -2.38. The topological polar surface area (TPSA) is 72.5 Å². The molecule has 1 atom stereocenters. The molecule has 1 aliphatic rings. The van der Waals surface area contributed by atoms with Gasteiger partial charge in [0.25, 0.3) is 0 Å². The smallest absolute Gasteiger partial charge is 0.168 e. The van der Waals surface area contributed by atoms with Crippen LogP contribution in [0, 0.1) is 0 Å². The third-order valence-corrected chi connectivity index (χ3v) is 5.56. The van der Waals surface area contributed by atoms with Crippen LogP contribution in [0.1, 0.15) is 36.5 Å². The number of hydrogen-bond acceptors (Lipinski definition) is 7. The first-order chi connectivity index (χ1) is 14.3. The summed E-state index contributed by atoms with van der Waals surface area (Å²) in [5.74, 6) is 2.72. The molecule has 0 radical (unpaired) electrons. The van der Waals surface area contributed by atoms with Crippen LogP contribution < -0.4 is 4.74 Å². The SMILES string of the molecule is CCC(c1nnnn1Cc1ccco1)N1CCN(Cc2ccccc2OC)CC1. The van der Waals surface area contributed by atoms with E-state index in [-0.39, 0.29) is 6.04 Å². The lowest BCUT2D eigenvalue weighted by Crippen LogP contribution is -2.47. The Labute approximate surface area is 171 Å². The van der Waals surface area contributed by atoms with E-state index in [1.165, 1.54) is 5.56 Å². The molecule has 3 heterocycles. The fourth-order valence-electron chi connectivity index (χ4n) is 4.02. The van der Waals surface area contributed by atoms with E-state index in [2.05, 4.69) is 44.4 Å². The zero-order valence-electron chi connectivity index (χ0n) is 17.1. The van der Waals surface area contributed by atoms with E-state index in [0.29, 0.717) is 6.54 Å². The number of para-hydroxylation sites is 1. The van der Waals surface area contributed by atoms with E-state index >= 15 is 0 Å². The zero-order valence-corrected chi connectivity index (χ0v) is 17.1. The maximum absolute atomic E-state index is 5.50. The molecule has 0 saturated carbocycles. The van der Waals surface area contributed by atoms with Gasteiger partial charge in [-0.1, -0.05) is 25.1 Å². The largest absolute Gasteiger partial charge is 0.496 e. The molecule has 0 aliphatic carbocycles. The van der Waals surface area contributed by atoms with Gasteiger partial charge in [-0.3, -0.25) is 9.80 Å². The molecule has 0 amide bonds. The minimum atomic E-state index is 0.202. The summed E-state index contributed by atoms with van der Waals surface area (Å²) >= 11 is 0. The fraction of sp³-hybridized carbons (Fsp3) is 0.476. The zero-order chi connectivity index (χ0) is 20.1. The summed E-state index contributed by atoms with van der Waals surface area (Å²) in [6, 6.07) is 12.3. The molecule has 29 heavy (non-hydrogen) atoms. The van der Waals surface area contributed by atoms with Gasteiger partial charge in [0.1, 0.15) is 18.1 Å². The van der Waals surface area contributed by atoms with Crippen molar-refractivity contribution >= 4 is 0 Å². The molecular formula is C21H28N6O2. The lowest BCUT2D eigenvalue weighted by atomic mass is 10.1. The number of methoxy groups -OCH3 is 1. The van der Waals surface area contributed by atoms with Crippen molar-refractivity contribution in [3.05, 3.63) is 59.8 Å². The van der Waals surface area contributed by atoms with Crippen LogP contribution in [0.3, 0.4) is 0 Å². The summed E-state index contributed by atoms with van der Waals surface area (Å²) in [4.78, 5) is 4.97. The summed E-state index contributed by atoms with van der Waals surface area (Å²) in [7, 11) is 1.73. The maximum Gasteiger partial charge on any atom is 0.168 e. The fourth-order valence-corrected chi connectivity index (χ4v) is 4.02. The van der Waals surface area contributed by atoms with Crippen LogP contribution in [0.5, 0.6) is 5.75 Å². The Hall–Kier alpha value is -2.71. The predicted molar refractivity (Wildman–Crippen MR) is 109 cm³/mol. The van der Waals surface area contributed by atoms with Gasteiger partial charge in [-0.05, 0) is 35.0 Å². The molecule has 154 valence electrons. The highest BCUT2D eigenvalue weighted by Crippen LogP contribution is 2.25. The summed E-state index contributed by atoms with van der Waals surface area (Å²) in [5.41, 5.74) is 1.23. The molecule has 1 fully saturated rings. The molecule has 1 aliphatic heterocycles. The summed E-state index contributed by atoms with van der Waals surface area (Å²) in [5, 5.41) is 12.5. The highest BCUT2D eigenvalue weighted by atomic mass is 16.5. The molecule has 1 aromatic carbocycles. The Morgan fingerprint density at radius 1 is 1.07 bits per heavy atom. The van der Waals surface area contributed by atoms with Crippen molar-refractivity contribution in [2.45, 2.75) is 32.5 Å². The van der Waals surface area contributed by atoms with Crippen LogP contribution >= 0.6 is 0 Å². The number of tetrazole rings is 1. The Bertz CT molecular complexity index is 886. The Balaban J connectivity index is 1.39. The van der Waals surface area contributed by atoms with E-state index in [1.54, 1.807) is 13.4 Å². The lowest BCUT2D eigenvalue weighted by molar-refractivity contribution is 0.0838. The van der Waals surface area contributed by atoms with E-state index < -0.39 is 0 Å². The minimum absolute atomic E-state index is 0.202. The number of aromatic nitrogens is 4. The maximum atomic E-state index is 5.50. The van der Waals surface area contributed by atoms with E-state index in [0.717, 1.165) is 56.5 Å². The van der Waals surface area contributed by atoms with Crippen molar-refractivity contribution in [2.75, 3.05) is 33.3 Å². The molecule has 0 N–H and O–H groups in total. The van der Waals surface area contributed by atoms with Crippen molar-refractivity contribution in [3.63, 3.8) is 0 Å². The highest BCUT2D eigenvalue weighted by molar-refractivity contribution is 5.33. The van der Waals surface area contributed by atoms with Crippen LogP contribution in [-0.4, -0.2) is 63.3 Å². The molecule has 0 spiro atoms. The van der Waals surface area contributed by atoms with Crippen molar-refractivity contribution in [1.29, 1.82) is 0 Å². The number of piperazine rings is 1.